The van der Waals surface area contributed by atoms with Gasteiger partial charge in [-0.05, 0) is 13.3 Å². The molecular formula is C9H22N2O2. The lowest BCUT2D eigenvalue weighted by Gasteiger charge is -2.13. The Morgan fingerprint density at radius 2 is 2.15 bits per heavy atom. The minimum atomic E-state index is -0.426. The number of nitrogens with two attached hydrogens (primary N) is 1. The molecule has 80 valence electrons. The Bertz CT molecular complexity index is 110. The fourth-order valence-corrected chi connectivity index (χ4v) is 0.900. The van der Waals surface area contributed by atoms with Gasteiger partial charge in [0.15, 0.2) is 0 Å². The Kier molecular flexibility index (Phi) is 8.33. The van der Waals surface area contributed by atoms with Crippen LogP contribution in [0.2, 0.25) is 0 Å². The molecule has 0 aliphatic rings. The maximum absolute atomic E-state index is 9.36. The van der Waals surface area contributed by atoms with Crippen molar-refractivity contribution in [3.05, 3.63) is 0 Å². The van der Waals surface area contributed by atoms with E-state index in [0.717, 1.165) is 13.0 Å². The zero-order chi connectivity index (χ0) is 10.1. The van der Waals surface area contributed by atoms with Gasteiger partial charge in [0, 0.05) is 25.7 Å². The molecule has 4 heteroatoms. The molecule has 0 spiro atoms. The van der Waals surface area contributed by atoms with Gasteiger partial charge in [0.1, 0.15) is 0 Å². The van der Waals surface area contributed by atoms with Gasteiger partial charge in [0.2, 0.25) is 0 Å². The van der Waals surface area contributed by atoms with Crippen LogP contribution in [0.1, 0.15) is 20.3 Å². The lowest BCUT2D eigenvalue weighted by molar-refractivity contribution is 0.0373. The van der Waals surface area contributed by atoms with Gasteiger partial charge in [0.05, 0.1) is 12.7 Å². The van der Waals surface area contributed by atoms with E-state index < -0.39 is 6.10 Å². The highest BCUT2D eigenvalue weighted by Gasteiger charge is 2.03. The van der Waals surface area contributed by atoms with Crippen LogP contribution < -0.4 is 11.1 Å². The molecule has 0 fully saturated rings. The first-order valence-electron chi connectivity index (χ1n) is 4.89. The number of aliphatic hydroxyl groups is 1. The number of aliphatic hydroxyl groups excluding tert-OH is 1. The fraction of sp³-hybridized carbons (Fsp3) is 1.00. The summed E-state index contributed by atoms with van der Waals surface area (Å²) in [5.41, 5.74) is 5.52. The van der Waals surface area contributed by atoms with Crippen molar-refractivity contribution in [2.24, 2.45) is 5.73 Å². The largest absolute Gasteiger partial charge is 0.389 e. The fourth-order valence-electron chi connectivity index (χ4n) is 0.900. The zero-order valence-electron chi connectivity index (χ0n) is 8.62. The molecule has 0 aromatic rings. The number of ether oxygens (including phenoxy) is 1. The first kappa shape index (κ1) is 12.8. The summed E-state index contributed by atoms with van der Waals surface area (Å²) < 4.78 is 5.18. The molecule has 2 atom stereocenters. The monoisotopic (exact) mass is 190 g/mol. The van der Waals surface area contributed by atoms with Crippen molar-refractivity contribution in [1.29, 1.82) is 0 Å². The van der Waals surface area contributed by atoms with E-state index in [4.69, 9.17) is 10.5 Å². The molecule has 0 aliphatic heterocycles. The molecule has 0 aliphatic carbocycles. The molecule has 0 rings (SSSR count). The average molecular weight is 190 g/mol. The Labute approximate surface area is 80.5 Å². The van der Waals surface area contributed by atoms with Crippen LogP contribution in [0.5, 0.6) is 0 Å². The van der Waals surface area contributed by atoms with E-state index in [9.17, 15) is 5.11 Å². The van der Waals surface area contributed by atoms with Crippen molar-refractivity contribution < 1.29 is 9.84 Å². The van der Waals surface area contributed by atoms with E-state index in [0.29, 0.717) is 19.8 Å². The lowest BCUT2D eigenvalue weighted by Crippen LogP contribution is -2.37. The van der Waals surface area contributed by atoms with Crippen molar-refractivity contribution in [3.63, 3.8) is 0 Å². The van der Waals surface area contributed by atoms with Crippen molar-refractivity contribution in [2.75, 3.05) is 26.3 Å². The summed E-state index contributed by atoms with van der Waals surface area (Å²) in [5.74, 6) is 0. The van der Waals surface area contributed by atoms with E-state index in [2.05, 4.69) is 5.32 Å². The second-order valence-corrected chi connectivity index (χ2v) is 3.36. The van der Waals surface area contributed by atoms with Crippen molar-refractivity contribution in [2.45, 2.75) is 32.4 Å². The number of nitrogens with one attached hydrogen (secondary N) is 1. The Morgan fingerprint density at radius 1 is 1.46 bits per heavy atom. The summed E-state index contributed by atoms with van der Waals surface area (Å²) in [5, 5.41) is 12.4. The van der Waals surface area contributed by atoms with Crippen molar-refractivity contribution in [1.82, 2.24) is 5.32 Å². The number of hydrogen-bond donors (Lipinski definition) is 3. The maximum Gasteiger partial charge on any atom is 0.0897 e. The van der Waals surface area contributed by atoms with E-state index in [1.165, 1.54) is 0 Å². The second kappa shape index (κ2) is 8.44. The maximum atomic E-state index is 9.36. The van der Waals surface area contributed by atoms with Crippen molar-refractivity contribution >= 4 is 0 Å². The molecule has 0 saturated heterocycles. The molecule has 2 unspecified atom stereocenters. The van der Waals surface area contributed by atoms with Crippen LogP contribution in [0.25, 0.3) is 0 Å². The summed E-state index contributed by atoms with van der Waals surface area (Å²) in [7, 11) is 0. The highest BCUT2D eigenvalue weighted by molar-refractivity contribution is 4.62. The third-order valence-electron chi connectivity index (χ3n) is 1.50. The van der Waals surface area contributed by atoms with E-state index in [1.54, 1.807) is 0 Å². The van der Waals surface area contributed by atoms with Crippen LogP contribution in [-0.4, -0.2) is 43.6 Å². The van der Waals surface area contributed by atoms with Crippen LogP contribution in [-0.2, 0) is 4.74 Å². The van der Waals surface area contributed by atoms with Gasteiger partial charge in [-0.2, -0.15) is 0 Å². The Hall–Kier alpha value is -0.160. The smallest absolute Gasteiger partial charge is 0.0897 e. The predicted octanol–water partition coefficient (Wildman–Crippen LogP) is -0.289. The molecule has 0 bridgehead atoms. The molecule has 0 heterocycles. The first-order chi connectivity index (χ1) is 6.16. The summed E-state index contributed by atoms with van der Waals surface area (Å²) >= 11 is 0. The molecule has 0 amide bonds. The third kappa shape index (κ3) is 9.76. The van der Waals surface area contributed by atoms with Crippen LogP contribution in [0, 0.1) is 0 Å². The molecule has 0 aromatic carbocycles. The highest BCUT2D eigenvalue weighted by atomic mass is 16.5. The summed E-state index contributed by atoms with van der Waals surface area (Å²) in [6.07, 6.45) is 0.560. The minimum absolute atomic E-state index is 0.128. The van der Waals surface area contributed by atoms with Crippen LogP contribution in [0.15, 0.2) is 0 Å². The molecular weight excluding hydrogens is 168 g/mol. The summed E-state index contributed by atoms with van der Waals surface area (Å²) in [6, 6.07) is 0.128. The number of rotatable bonds is 8. The normalized spacial score (nSPS) is 15.7. The standard InChI is InChI=1S/C9H22N2O2/c1-3-4-13-7-9(12)6-11-5-8(2)10/h8-9,11-12H,3-7,10H2,1-2H3. The topological polar surface area (TPSA) is 67.5 Å². The summed E-state index contributed by atoms with van der Waals surface area (Å²) in [4.78, 5) is 0. The predicted molar refractivity (Wildman–Crippen MR) is 53.6 cm³/mol. The molecule has 4 N–H and O–H groups in total. The van der Waals surface area contributed by atoms with E-state index >= 15 is 0 Å². The van der Waals surface area contributed by atoms with Crippen molar-refractivity contribution in [3.8, 4) is 0 Å². The van der Waals surface area contributed by atoms with Gasteiger partial charge in [-0.3, -0.25) is 0 Å². The van der Waals surface area contributed by atoms with E-state index in [-0.39, 0.29) is 6.04 Å². The highest BCUT2D eigenvalue weighted by Crippen LogP contribution is 1.86. The van der Waals surface area contributed by atoms with Gasteiger partial charge < -0.3 is 20.9 Å². The van der Waals surface area contributed by atoms with E-state index in [1.807, 2.05) is 13.8 Å². The first-order valence-corrected chi connectivity index (χ1v) is 4.89. The lowest BCUT2D eigenvalue weighted by atomic mass is 10.3. The zero-order valence-corrected chi connectivity index (χ0v) is 8.62. The number of hydrogen-bond acceptors (Lipinski definition) is 4. The van der Waals surface area contributed by atoms with Gasteiger partial charge in [-0.1, -0.05) is 6.92 Å². The van der Waals surface area contributed by atoms with Gasteiger partial charge in [-0.15, -0.1) is 0 Å². The summed E-state index contributed by atoms with van der Waals surface area (Å²) in [6.45, 7) is 6.36. The Balaban J connectivity index is 3.15. The van der Waals surface area contributed by atoms with Crippen LogP contribution in [0.3, 0.4) is 0 Å². The average Bonchev–Trinajstić information content (AvgIpc) is 2.04. The second-order valence-electron chi connectivity index (χ2n) is 3.36. The van der Waals surface area contributed by atoms with Gasteiger partial charge >= 0.3 is 0 Å². The molecule has 0 saturated carbocycles. The SMILES string of the molecule is CCCOCC(O)CNCC(C)N. The Morgan fingerprint density at radius 3 is 2.69 bits per heavy atom. The molecule has 4 nitrogen and oxygen atoms in total. The van der Waals surface area contributed by atoms with Gasteiger partial charge in [0.25, 0.3) is 0 Å². The third-order valence-corrected chi connectivity index (χ3v) is 1.50. The van der Waals surface area contributed by atoms with Crippen LogP contribution in [0.4, 0.5) is 0 Å². The quantitative estimate of drug-likeness (QED) is 0.460. The van der Waals surface area contributed by atoms with Gasteiger partial charge in [-0.25, -0.2) is 0 Å². The van der Waals surface area contributed by atoms with Crippen LogP contribution >= 0.6 is 0 Å². The molecule has 13 heavy (non-hydrogen) atoms. The molecule has 0 radical (unpaired) electrons. The molecule has 0 aromatic heterocycles. The minimum Gasteiger partial charge on any atom is -0.389 e.